The Bertz CT molecular complexity index is 667. The molecule has 2 bridgehead atoms. The minimum absolute atomic E-state index is 0.0256. The maximum Gasteiger partial charge on any atom is 0.233 e. The lowest BCUT2D eigenvalue weighted by atomic mass is 9.85. The third-order valence-electron chi connectivity index (χ3n) is 6.84. The van der Waals surface area contributed by atoms with Gasteiger partial charge in [-0.1, -0.05) is 12.2 Å². The molecule has 4 rings (SSSR count). The molecule has 2 N–H and O–H groups in total. The van der Waals surface area contributed by atoms with Crippen LogP contribution in [0.15, 0.2) is 17.1 Å². The van der Waals surface area contributed by atoms with E-state index in [9.17, 15) is 9.59 Å². The zero-order valence-electron chi connectivity index (χ0n) is 17.9. The van der Waals surface area contributed by atoms with E-state index < -0.39 is 0 Å². The van der Waals surface area contributed by atoms with E-state index in [0.717, 1.165) is 38.1 Å². The molecule has 29 heavy (non-hydrogen) atoms. The lowest BCUT2D eigenvalue weighted by Crippen LogP contribution is -2.44. The highest BCUT2D eigenvalue weighted by Crippen LogP contribution is 2.52. The summed E-state index contributed by atoms with van der Waals surface area (Å²) in [6, 6.07) is 1.28. The molecule has 160 valence electrons. The Kier molecular flexibility index (Phi) is 5.95. The lowest BCUT2D eigenvalue weighted by Gasteiger charge is -2.25. The number of allylic oxidation sites excluding steroid dienone is 2. The summed E-state index contributed by atoms with van der Waals surface area (Å²) in [6.07, 6.45) is 7.85. The first kappa shape index (κ1) is 20.4. The second-order valence-corrected chi connectivity index (χ2v) is 9.08. The highest BCUT2D eigenvalue weighted by Gasteiger charge is 2.58. The number of carbonyl (C=O) groups is 2. The smallest absolute Gasteiger partial charge is 0.233 e. The number of carbonyl (C=O) groups excluding carboxylic acids is 2. The third kappa shape index (κ3) is 4.06. The van der Waals surface area contributed by atoms with Gasteiger partial charge in [-0.3, -0.25) is 24.4 Å². The van der Waals surface area contributed by atoms with Gasteiger partial charge in [0.05, 0.1) is 18.4 Å². The summed E-state index contributed by atoms with van der Waals surface area (Å²) in [6.45, 7) is 9.95. The van der Waals surface area contributed by atoms with Gasteiger partial charge in [0.15, 0.2) is 5.96 Å². The Morgan fingerprint density at radius 1 is 1.17 bits per heavy atom. The van der Waals surface area contributed by atoms with Crippen molar-refractivity contribution in [1.29, 1.82) is 0 Å². The van der Waals surface area contributed by atoms with Crippen molar-refractivity contribution in [2.75, 3.05) is 32.7 Å². The summed E-state index contributed by atoms with van der Waals surface area (Å²) in [4.78, 5) is 34.2. The summed E-state index contributed by atoms with van der Waals surface area (Å²) in [5.41, 5.74) is 0. The number of hydrogen-bond acceptors (Lipinski definition) is 4. The number of hydrogen-bond donors (Lipinski definition) is 2. The Morgan fingerprint density at radius 2 is 1.83 bits per heavy atom. The second kappa shape index (κ2) is 8.46. The van der Waals surface area contributed by atoms with E-state index in [0.29, 0.717) is 19.1 Å². The predicted molar refractivity (Wildman–Crippen MR) is 113 cm³/mol. The fourth-order valence-electron chi connectivity index (χ4n) is 5.36. The molecule has 2 saturated carbocycles. The van der Waals surface area contributed by atoms with Crippen LogP contribution < -0.4 is 10.6 Å². The van der Waals surface area contributed by atoms with E-state index in [1.54, 1.807) is 0 Å². The lowest BCUT2D eigenvalue weighted by molar-refractivity contribution is -0.140. The van der Waals surface area contributed by atoms with Crippen LogP contribution >= 0.6 is 0 Å². The molecule has 3 aliphatic carbocycles. The molecule has 7 heteroatoms. The highest BCUT2D eigenvalue weighted by molar-refractivity contribution is 6.06. The number of guanidine groups is 1. The molecule has 0 spiro atoms. The number of aliphatic imine (C=N–C) groups is 1. The van der Waals surface area contributed by atoms with Crippen molar-refractivity contribution >= 4 is 17.8 Å². The van der Waals surface area contributed by atoms with Crippen LogP contribution in [-0.2, 0) is 9.59 Å². The maximum atomic E-state index is 12.8. The molecule has 4 atom stereocenters. The van der Waals surface area contributed by atoms with Crippen molar-refractivity contribution in [3.8, 4) is 0 Å². The van der Waals surface area contributed by atoms with Gasteiger partial charge in [-0.2, -0.15) is 0 Å². The fourth-order valence-corrected chi connectivity index (χ4v) is 5.36. The van der Waals surface area contributed by atoms with Gasteiger partial charge < -0.3 is 10.6 Å². The Morgan fingerprint density at radius 3 is 2.38 bits per heavy atom. The molecular formula is C22H35N5O2. The van der Waals surface area contributed by atoms with Crippen molar-refractivity contribution in [1.82, 2.24) is 20.4 Å². The summed E-state index contributed by atoms with van der Waals surface area (Å²) >= 11 is 0. The van der Waals surface area contributed by atoms with Gasteiger partial charge in [-0.05, 0) is 51.9 Å². The van der Waals surface area contributed by atoms with Crippen molar-refractivity contribution < 1.29 is 9.59 Å². The van der Waals surface area contributed by atoms with Crippen molar-refractivity contribution in [2.24, 2.45) is 28.7 Å². The molecule has 0 aromatic rings. The first-order chi connectivity index (χ1) is 14.0. The summed E-state index contributed by atoms with van der Waals surface area (Å²) < 4.78 is 0. The zero-order chi connectivity index (χ0) is 20.5. The summed E-state index contributed by atoms with van der Waals surface area (Å²) in [7, 11) is 0. The maximum absolute atomic E-state index is 12.8. The number of likely N-dealkylation sites (tertiary alicyclic amines) is 1. The third-order valence-corrected chi connectivity index (χ3v) is 6.84. The van der Waals surface area contributed by atoms with Gasteiger partial charge in [-0.25, -0.2) is 0 Å². The molecule has 1 aliphatic heterocycles. The van der Waals surface area contributed by atoms with Gasteiger partial charge in [-0.15, -0.1) is 0 Å². The molecule has 3 fully saturated rings. The van der Waals surface area contributed by atoms with Crippen LogP contribution in [0.4, 0.5) is 0 Å². The van der Waals surface area contributed by atoms with Crippen LogP contribution in [0.3, 0.4) is 0 Å². The molecule has 4 unspecified atom stereocenters. The monoisotopic (exact) mass is 401 g/mol. The molecule has 0 aromatic carbocycles. The van der Waals surface area contributed by atoms with E-state index in [-0.39, 0.29) is 35.5 Å². The van der Waals surface area contributed by atoms with Gasteiger partial charge in [0.2, 0.25) is 11.8 Å². The normalized spacial score (nSPS) is 30.8. The Labute approximate surface area is 174 Å². The van der Waals surface area contributed by atoms with Crippen LogP contribution in [0.2, 0.25) is 0 Å². The molecule has 0 radical (unpaired) electrons. The number of nitrogens with one attached hydrogen (secondary N) is 2. The summed E-state index contributed by atoms with van der Waals surface area (Å²) in [5.74, 6) is 1.14. The average molecular weight is 402 g/mol. The largest absolute Gasteiger partial charge is 0.357 e. The molecule has 1 saturated heterocycles. The molecule has 7 nitrogen and oxygen atoms in total. The number of amides is 2. The van der Waals surface area contributed by atoms with E-state index >= 15 is 0 Å². The van der Waals surface area contributed by atoms with E-state index in [2.05, 4.69) is 41.5 Å². The molecule has 2 amide bonds. The quantitative estimate of drug-likeness (QED) is 0.263. The van der Waals surface area contributed by atoms with Gasteiger partial charge in [0, 0.05) is 38.3 Å². The van der Waals surface area contributed by atoms with Gasteiger partial charge in [0.25, 0.3) is 0 Å². The SMILES string of the molecule is CCNC(=NCCN(C(C)C)C1CC1)NCCN1C(=O)C2C3C=CC(C3)C2C1=O. The molecule has 4 aliphatic rings. The first-order valence-electron chi connectivity index (χ1n) is 11.3. The highest BCUT2D eigenvalue weighted by atomic mass is 16.2. The van der Waals surface area contributed by atoms with E-state index in [1.165, 1.54) is 17.7 Å². The predicted octanol–water partition coefficient (Wildman–Crippen LogP) is 1.22. The van der Waals surface area contributed by atoms with Crippen molar-refractivity contribution in [3.63, 3.8) is 0 Å². The topological polar surface area (TPSA) is 77.0 Å². The zero-order valence-corrected chi connectivity index (χ0v) is 17.9. The molecular weight excluding hydrogens is 366 g/mol. The Hall–Kier alpha value is -1.89. The van der Waals surface area contributed by atoms with Gasteiger partial charge in [0.1, 0.15) is 0 Å². The minimum Gasteiger partial charge on any atom is -0.357 e. The number of fused-ring (bicyclic) bond motifs is 5. The van der Waals surface area contributed by atoms with Crippen molar-refractivity contribution in [2.45, 2.75) is 52.1 Å². The van der Waals surface area contributed by atoms with Crippen LogP contribution in [0.5, 0.6) is 0 Å². The van der Waals surface area contributed by atoms with Crippen LogP contribution in [0, 0.1) is 23.7 Å². The molecule has 1 heterocycles. The average Bonchev–Trinajstić information content (AvgIpc) is 3.22. The van der Waals surface area contributed by atoms with E-state index in [1.807, 2.05) is 6.92 Å². The van der Waals surface area contributed by atoms with Crippen LogP contribution in [0.1, 0.15) is 40.0 Å². The van der Waals surface area contributed by atoms with Gasteiger partial charge >= 0.3 is 0 Å². The molecule has 0 aromatic heterocycles. The minimum atomic E-state index is -0.108. The number of imide groups is 1. The van der Waals surface area contributed by atoms with Crippen molar-refractivity contribution in [3.05, 3.63) is 12.2 Å². The Balaban J connectivity index is 1.26. The second-order valence-electron chi connectivity index (χ2n) is 9.08. The van der Waals surface area contributed by atoms with E-state index in [4.69, 9.17) is 4.99 Å². The van der Waals surface area contributed by atoms with Crippen LogP contribution in [-0.4, -0.2) is 72.4 Å². The standard InChI is InChI=1S/C22H35N5O2/c1-4-23-22(24-9-11-26(14(2)3)17-7-8-17)25-10-12-27-20(28)18-15-5-6-16(13-15)19(18)21(27)29/h5-6,14-19H,4,7-13H2,1-3H3,(H2,23,24,25). The number of rotatable bonds is 9. The number of nitrogens with zero attached hydrogens (tertiary/aromatic N) is 3. The van der Waals surface area contributed by atoms with Crippen LogP contribution in [0.25, 0.3) is 0 Å². The fraction of sp³-hybridized carbons (Fsp3) is 0.773. The first-order valence-corrected chi connectivity index (χ1v) is 11.3. The summed E-state index contributed by atoms with van der Waals surface area (Å²) in [5, 5.41) is 6.56.